The van der Waals surface area contributed by atoms with Crippen molar-refractivity contribution in [3.63, 3.8) is 0 Å². The van der Waals surface area contributed by atoms with Crippen LogP contribution in [-0.4, -0.2) is 16.5 Å². The Morgan fingerprint density at radius 1 is 1.12 bits per heavy atom. The molecule has 0 aromatic carbocycles. The average Bonchev–Trinajstić information content (AvgIpc) is 2.33. The minimum absolute atomic E-state index is 0.325. The summed E-state index contributed by atoms with van der Waals surface area (Å²) in [5.41, 5.74) is 0.394. The van der Waals surface area contributed by atoms with Crippen LogP contribution in [0, 0.1) is 12.7 Å². The molecule has 0 bridgehead atoms. The molecule has 0 fully saturated rings. The van der Waals surface area contributed by atoms with Gasteiger partial charge in [0.25, 0.3) is 0 Å². The minimum Gasteiger partial charge on any atom is -0.368 e. The van der Waals surface area contributed by atoms with Gasteiger partial charge in [0.2, 0.25) is 0 Å². The summed E-state index contributed by atoms with van der Waals surface area (Å²) in [7, 11) is 0. The maximum Gasteiger partial charge on any atom is 0.186 e. The molecule has 1 N–H and O–H groups in total. The van der Waals surface area contributed by atoms with E-state index < -0.39 is 0 Å². The van der Waals surface area contributed by atoms with Crippen molar-refractivity contribution >= 4 is 5.82 Å². The van der Waals surface area contributed by atoms with Crippen LogP contribution < -0.4 is 5.32 Å². The summed E-state index contributed by atoms with van der Waals surface area (Å²) < 4.78 is 13.5. The molecule has 17 heavy (non-hydrogen) atoms. The predicted molar refractivity (Wildman–Crippen MR) is 68.6 cm³/mol. The maximum atomic E-state index is 13.5. The van der Waals surface area contributed by atoms with Crippen molar-refractivity contribution in [1.29, 1.82) is 0 Å². The number of unbranched alkanes of at least 4 members (excludes halogenated alkanes) is 5. The number of hydrogen-bond acceptors (Lipinski definition) is 3. The van der Waals surface area contributed by atoms with Crippen LogP contribution in [0.2, 0.25) is 0 Å². The highest BCUT2D eigenvalue weighted by Gasteiger charge is 2.05. The molecule has 4 heteroatoms. The van der Waals surface area contributed by atoms with Crippen molar-refractivity contribution in [3.05, 3.63) is 17.8 Å². The molecule has 1 aromatic heterocycles. The van der Waals surface area contributed by atoms with Crippen LogP contribution in [0.25, 0.3) is 0 Å². The van der Waals surface area contributed by atoms with Gasteiger partial charge in [0.15, 0.2) is 11.6 Å². The van der Waals surface area contributed by atoms with Gasteiger partial charge in [-0.3, -0.25) is 0 Å². The summed E-state index contributed by atoms with van der Waals surface area (Å²) >= 11 is 0. The Bertz CT molecular complexity index is 328. The second kappa shape index (κ2) is 7.98. The van der Waals surface area contributed by atoms with E-state index in [1.54, 1.807) is 6.92 Å². The van der Waals surface area contributed by atoms with E-state index in [1.807, 2.05) is 0 Å². The first-order valence-electron chi connectivity index (χ1n) is 6.46. The molecule has 0 aliphatic rings. The van der Waals surface area contributed by atoms with Gasteiger partial charge in [-0.05, 0) is 13.3 Å². The number of nitrogens with one attached hydrogen (secondary N) is 1. The molecule has 1 heterocycles. The molecule has 0 amide bonds. The van der Waals surface area contributed by atoms with Gasteiger partial charge in [0.1, 0.15) is 6.33 Å². The first kappa shape index (κ1) is 13.9. The van der Waals surface area contributed by atoms with Gasteiger partial charge in [-0.1, -0.05) is 39.0 Å². The van der Waals surface area contributed by atoms with E-state index in [9.17, 15) is 4.39 Å². The summed E-state index contributed by atoms with van der Waals surface area (Å²) in [5.74, 6) is -0.00968. The molecule has 0 atom stereocenters. The van der Waals surface area contributed by atoms with Crippen LogP contribution in [-0.2, 0) is 0 Å². The summed E-state index contributed by atoms with van der Waals surface area (Å²) in [6.45, 7) is 4.63. The van der Waals surface area contributed by atoms with Gasteiger partial charge < -0.3 is 5.32 Å². The molecule has 96 valence electrons. The number of aryl methyl sites for hydroxylation is 1. The lowest BCUT2D eigenvalue weighted by Crippen LogP contribution is -2.07. The first-order valence-corrected chi connectivity index (χ1v) is 6.46. The maximum absolute atomic E-state index is 13.5. The van der Waals surface area contributed by atoms with Crippen molar-refractivity contribution in [2.24, 2.45) is 0 Å². The molecule has 1 aromatic rings. The molecule has 0 aliphatic heterocycles. The van der Waals surface area contributed by atoms with E-state index in [4.69, 9.17) is 0 Å². The van der Waals surface area contributed by atoms with Crippen molar-refractivity contribution < 1.29 is 4.39 Å². The smallest absolute Gasteiger partial charge is 0.186 e. The quantitative estimate of drug-likeness (QED) is 0.703. The van der Waals surface area contributed by atoms with E-state index in [-0.39, 0.29) is 5.82 Å². The highest BCUT2D eigenvalue weighted by Crippen LogP contribution is 2.12. The number of halogens is 1. The Morgan fingerprint density at radius 3 is 2.59 bits per heavy atom. The van der Waals surface area contributed by atoms with Crippen LogP contribution in [0.1, 0.15) is 51.1 Å². The summed E-state index contributed by atoms with van der Waals surface area (Å²) in [6, 6.07) is 0. The third-order valence-electron chi connectivity index (χ3n) is 2.79. The Hall–Kier alpha value is -1.19. The van der Waals surface area contributed by atoms with Gasteiger partial charge >= 0.3 is 0 Å². The molecule has 3 nitrogen and oxygen atoms in total. The SMILES string of the molecule is CCCCCCCCNc1ncnc(C)c1F. The topological polar surface area (TPSA) is 37.8 Å². The third kappa shape index (κ3) is 5.11. The van der Waals surface area contributed by atoms with Gasteiger partial charge in [-0.15, -0.1) is 0 Å². The van der Waals surface area contributed by atoms with E-state index in [0.29, 0.717) is 11.5 Å². The van der Waals surface area contributed by atoms with Crippen molar-refractivity contribution in [1.82, 2.24) is 9.97 Å². The Morgan fingerprint density at radius 2 is 1.82 bits per heavy atom. The summed E-state index contributed by atoms with van der Waals surface area (Å²) in [5, 5.41) is 3.02. The highest BCUT2D eigenvalue weighted by molar-refractivity contribution is 5.36. The Balaban J connectivity index is 2.16. The zero-order chi connectivity index (χ0) is 12.5. The van der Waals surface area contributed by atoms with Crippen LogP contribution in [0.5, 0.6) is 0 Å². The van der Waals surface area contributed by atoms with Crippen LogP contribution in [0.3, 0.4) is 0 Å². The first-order chi connectivity index (χ1) is 8.25. The third-order valence-corrected chi connectivity index (χ3v) is 2.79. The van der Waals surface area contributed by atoms with E-state index in [2.05, 4.69) is 22.2 Å². The second-order valence-electron chi connectivity index (χ2n) is 4.32. The average molecular weight is 239 g/mol. The van der Waals surface area contributed by atoms with E-state index in [0.717, 1.165) is 13.0 Å². The summed E-state index contributed by atoms with van der Waals surface area (Å²) in [4.78, 5) is 7.68. The van der Waals surface area contributed by atoms with Crippen molar-refractivity contribution in [3.8, 4) is 0 Å². The van der Waals surface area contributed by atoms with Gasteiger partial charge in [-0.2, -0.15) is 0 Å². The zero-order valence-corrected chi connectivity index (χ0v) is 10.8. The molecule has 0 radical (unpaired) electrons. The van der Waals surface area contributed by atoms with Gasteiger partial charge in [0.05, 0.1) is 5.69 Å². The second-order valence-corrected chi connectivity index (χ2v) is 4.32. The lowest BCUT2D eigenvalue weighted by atomic mass is 10.1. The molecule has 0 spiro atoms. The number of nitrogens with zero attached hydrogens (tertiary/aromatic N) is 2. The van der Waals surface area contributed by atoms with E-state index >= 15 is 0 Å². The monoisotopic (exact) mass is 239 g/mol. The van der Waals surface area contributed by atoms with Crippen LogP contribution >= 0.6 is 0 Å². The number of hydrogen-bond donors (Lipinski definition) is 1. The molecule has 1 rings (SSSR count). The van der Waals surface area contributed by atoms with Crippen molar-refractivity contribution in [2.75, 3.05) is 11.9 Å². The summed E-state index contributed by atoms with van der Waals surface area (Å²) in [6.07, 6.45) is 8.79. The zero-order valence-electron chi connectivity index (χ0n) is 10.8. The fraction of sp³-hybridized carbons (Fsp3) is 0.692. The number of rotatable bonds is 8. The van der Waals surface area contributed by atoms with Crippen molar-refractivity contribution in [2.45, 2.75) is 52.4 Å². The van der Waals surface area contributed by atoms with Gasteiger partial charge in [0, 0.05) is 6.54 Å². The van der Waals surface area contributed by atoms with E-state index in [1.165, 1.54) is 38.4 Å². The predicted octanol–water partition coefficient (Wildman–Crippen LogP) is 3.70. The Kier molecular flexibility index (Phi) is 6.51. The fourth-order valence-electron chi connectivity index (χ4n) is 1.69. The molecule has 0 saturated heterocycles. The lowest BCUT2D eigenvalue weighted by Gasteiger charge is -2.07. The normalized spacial score (nSPS) is 10.5. The number of anilines is 1. The highest BCUT2D eigenvalue weighted by atomic mass is 19.1. The fourth-order valence-corrected chi connectivity index (χ4v) is 1.69. The molecular weight excluding hydrogens is 217 g/mol. The van der Waals surface area contributed by atoms with Crippen LogP contribution in [0.4, 0.5) is 10.2 Å². The van der Waals surface area contributed by atoms with Crippen LogP contribution in [0.15, 0.2) is 6.33 Å². The lowest BCUT2D eigenvalue weighted by molar-refractivity contribution is 0.598. The molecular formula is C13H22FN3. The molecule has 0 aliphatic carbocycles. The minimum atomic E-state index is -0.335. The number of aromatic nitrogens is 2. The molecule has 0 unspecified atom stereocenters. The molecule has 0 saturated carbocycles. The Labute approximate surface area is 103 Å². The van der Waals surface area contributed by atoms with Gasteiger partial charge in [-0.25, -0.2) is 14.4 Å². The largest absolute Gasteiger partial charge is 0.368 e. The standard InChI is InChI=1S/C13H22FN3/c1-3-4-5-6-7-8-9-15-13-12(14)11(2)16-10-17-13/h10H,3-9H2,1-2H3,(H,15,16,17).